The van der Waals surface area contributed by atoms with Gasteiger partial charge in [0.2, 0.25) is 0 Å². The molecule has 0 bridgehead atoms. The van der Waals surface area contributed by atoms with Crippen molar-refractivity contribution in [1.82, 2.24) is 9.55 Å². The molecule has 1 saturated heterocycles. The third-order valence-electron chi connectivity index (χ3n) is 3.63. The summed E-state index contributed by atoms with van der Waals surface area (Å²) in [6.45, 7) is 1.47. The Hall–Kier alpha value is -2.78. The quantitative estimate of drug-likeness (QED) is 0.823. The van der Waals surface area contributed by atoms with Gasteiger partial charge in [0.1, 0.15) is 12.7 Å². The van der Waals surface area contributed by atoms with Gasteiger partial charge >= 0.3 is 11.7 Å². The van der Waals surface area contributed by atoms with E-state index in [0.29, 0.717) is 5.56 Å². The fourth-order valence-corrected chi connectivity index (χ4v) is 2.42. The SMILES string of the molecule is C[C@H]1O[C@@H](COC(=O)c2ccccc2)O[C@H]1n1cc(F)c(N)nc1=O. The number of hydrogen-bond acceptors (Lipinski definition) is 7. The van der Waals surface area contributed by atoms with E-state index in [1.54, 1.807) is 37.3 Å². The number of aromatic nitrogens is 2. The van der Waals surface area contributed by atoms with Gasteiger partial charge in [0, 0.05) is 0 Å². The van der Waals surface area contributed by atoms with Crippen LogP contribution in [0.2, 0.25) is 0 Å². The van der Waals surface area contributed by atoms with Crippen molar-refractivity contribution in [3.8, 4) is 0 Å². The van der Waals surface area contributed by atoms with Gasteiger partial charge in [0.15, 0.2) is 24.2 Å². The summed E-state index contributed by atoms with van der Waals surface area (Å²) in [5.41, 5.74) is 4.89. The second kappa shape index (κ2) is 6.99. The predicted molar refractivity (Wildman–Crippen MR) is 84.0 cm³/mol. The lowest BCUT2D eigenvalue weighted by molar-refractivity contribution is -0.106. The maximum Gasteiger partial charge on any atom is 0.351 e. The normalized spacial score (nSPS) is 22.7. The molecule has 9 heteroatoms. The third-order valence-corrected chi connectivity index (χ3v) is 3.63. The maximum absolute atomic E-state index is 13.6. The van der Waals surface area contributed by atoms with E-state index in [1.165, 1.54) is 0 Å². The molecule has 3 atom stereocenters. The summed E-state index contributed by atoms with van der Waals surface area (Å²) in [5.74, 6) is -1.85. The van der Waals surface area contributed by atoms with Crippen LogP contribution in [0, 0.1) is 5.82 Å². The van der Waals surface area contributed by atoms with Crippen LogP contribution >= 0.6 is 0 Å². The molecule has 1 aromatic carbocycles. The van der Waals surface area contributed by atoms with Crippen LogP contribution in [0.4, 0.5) is 10.2 Å². The van der Waals surface area contributed by atoms with Crippen LogP contribution in [-0.4, -0.2) is 34.5 Å². The molecule has 1 aliphatic heterocycles. The van der Waals surface area contributed by atoms with Crippen molar-refractivity contribution in [2.75, 3.05) is 12.3 Å². The molecule has 1 fully saturated rings. The zero-order valence-corrected chi connectivity index (χ0v) is 13.3. The van der Waals surface area contributed by atoms with E-state index in [9.17, 15) is 14.0 Å². The number of benzene rings is 1. The van der Waals surface area contributed by atoms with E-state index in [1.807, 2.05) is 0 Å². The molecule has 0 spiro atoms. The number of esters is 1. The number of ether oxygens (including phenoxy) is 3. The molecule has 8 nitrogen and oxygen atoms in total. The highest BCUT2D eigenvalue weighted by Gasteiger charge is 2.36. The fourth-order valence-electron chi connectivity index (χ4n) is 2.42. The Morgan fingerprint density at radius 1 is 1.36 bits per heavy atom. The third kappa shape index (κ3) is 3.67. The topological polar surface area (TPSA) is 106 Å². The smallest absolute Gasteiger partial charge is 0.351 e. The summed E-state index contributed by atoms with van der Waals surface area (Å²) < 4.78 is 30.7. The standard InChI is InChI=1S/C16H16FN3O5/c1-9-14(20-7-11(17)13(18)19-16(20)22)25-12(24-9)8-23-15(21)10-5-3-2-4-6-10/h2-7,9,12,14H,8H2,1H3,(H2,18,19,22)/t9-,12-,14-/m1/s1. The van der Waals surface area contributed by atoms with Crippen molar-refractivity contribution in [3.05, 3.63) is 58.4 Å². The molecule has 0 unspecified atom stereocenters. The Balaban J connectivity index is 1.65. The first-order chi connectivity index (χ1) is 12.0. The maximum atomic E-state index is 13.6. The predicted octanol–water partition coefficient (Wildman–Crippen LogP) is 1.08. The van der Waals surface area contributed by atoms with E-state index in [4.69, 9.17) is 19.9 Å². The van der Waals surface area contributed by atoms with Crippen LogP contribution in [0.25, 0.3) is 0 Å². The molecule has 0 saturated carbocycles. The molecule has 1 aliphatic rings. The highest BCUT2D eigenvalue weighted by atomic mass is 19.1. The van der Waals surface area contributed by atoms with Crippen molar-refractivity contribution in [2.45, 2.75) is 25.5 Å². The first-order valence-corrected chi connectivity index (χ1v) is 7.53. The van der Waals surface area contributed by atoms with Crippen LogP contribution in [0.3, 0.4) is 0 Å². The van der Waals surface area contributed by atoms with Gasteiger partial charge in [-0.1, -0.05) is 18.2 Å². The van der Waals surface area contributed by atoms with Gasteiger partial charge in [-0.05, 0) is 19.1 Å². The van der Waals surface area contributed by atoms with Gasteiger partial charge in [0.05, 0.1) is 11.8 Å². The van der Waals surface area contributed by atoms with E-state index >= 15 is 0 Å². The summed E-state index contributed by atoms with van der Waals surface area (Å²) in [5, 5.41) is 0. The first kappa shape index (κ1) is 17.1. The largest absolute Gasteiger partial charge is 0.457 e. The van der Waals surface area contributed by atoms with Crippen molar-refractivity contribution < 1.29 is 23.4 Å². The molecule has 2 heterocycles. The second-order valence-electron chi connectivity index (χ2n) is 5.43. The van der Waals surface area contributed by atoms with E-state index < -0.39 is 41.9 Å². The van der Waals surface area contributed by atoms with Crippen molar-refractivity contribution in [1.29, 1.82) is 0 Å². The number of halogens is 1. The minimum absolute atomic E-state index is 0.172. The van der Waals surface area contributed by atoms with Crippen molar-refractivity contribution in [2.24, 2.45) is 0 Å². The van der Waals surface area contributed by atoms with Gasteiger partial charge in [-0.2, -0.15) is 4.98 Å². The average Bonchev–Trinajstić information content (AvgIpc) is 2.97. The van der Waals surface area contributed by atoms with Gasteiger partial charge in [-0.3, -0.25) is 4.57 Å². The summed E-state index contributed by atoms with van der Waals surface area (Å²) >= 11 is 0. The first-order valence-electron chi connectivity index (χ1n) is 7.53. The van der Waals surface area contributed by atoms with E-state index in [2.05, 4.69) is 4.98 Å². The number of carbonyl (C=O) groups excluding carboxylic acids is 1. The van der Waals surface area contributed by atoms with E-state index in [-0.39, 0.29) is 6.61 Å². The molecule has 0 amide bonds. The summed E-state index contributed by atoms with van der Waals surface area (Å²) in [6.07, 6.45) is -1.47. The number of nitrogens with zero attached hydrogens (tertiary/aromatic N) is 2. The van der Waals surface area contributed by atoms with Gasteiger partial charge in [-0.15, -0.1) is 0 Å². The molecule has 1 aromatic heterocycles. The molecule has 132 valence electrons. The zero-order valence-electron chi connectivity index (χ0n) is 13.3. The molecule has 0 radical (unpaired) electrons. The molecule has 0 aliphatic carbocycles. The average molecular weight is 349 g/mol. The van der Waals surface area contributed by atoms with Gasteiger partial charge in [-0.25, -0.2) is 14.0 Å². The Bertz CT molecular complexity index is 826. The molecular weight excluding hydrogens is 333 g/mol. The molecule has 2 aromatic rings. The van der Waals surface area contributed by atoms with Crippen molar-refractivity contribution >= 4 is 11.8 Å². The Morgan fingerprint density at radius 3 is 2.80 bits per heavy atom. The summed E-state index contributed by atoms with van der Waals surface area (Å²) in [7, 11) is 0. The minimum Gasteiger partial charge on any atom is -0.457 e. The number of carbonyl (C=O) groups is 1. The molecular formula is C16H16FN3O5. The fraction of sp³-hybridized carbons (Fsp3) is 0.312. The number of rotatable bonds is 4. The lowest BCUT2D eigenvalue weighted by Crippen LogP contribution is -2.32. The van der Waals surface area contributed by atoms with Crippen LogP contribution in [0.1, 0.15) is 23.5 Å². The number of hydrogen-bond donors (Lipinski definition) is 1. The van der Waals surface area contributed by atoms with Crippen LogP contribution in [-0.2, 0) is 14.2 Å². The summed E-state index contributed by atoms with van der Waals surface area (Å²) in [6, 6.07) is 8.45. The highest BCUT2D eigenvalue weighted by Crippen LogP contribution is 2.27. The Labute approximate surface area is 141 Å². The Morgan fingerprint density at radius 2 is 2.08 bits per heavy atom. The van der Waals surface area contributed by atoms with Crippen LogP contribution in [0.15, 0.2) is 41.3 Å². The monoisotopic (exact) mass is 349 g/mol. The molecule has 25 heavy (non-hydrogen) atoms. The number of anilines is 1. The highest BCUT2D eigenvalue weighted by molar-refractivity contribution is 5.89. The van der Waals surface area contributed by atoms with Crippen LogP contribution in [0.5, 0.6) is 0 Å². The Kier molecular flexibility index (Phi) is 4.77. The lowest BCUT2D eigenvalue weighted by Gasteiger charge is -2.15. The van der Waals surface area contributed by atoms with Gasteiger partial charge in [0.25, 0.3) is 0 Å². The summed E-state index contributed by atoms with van der Waals surface area (Å²) in [4.78, 5) is 27.2. The molecule has 2 N–H and O–H groups in total. The molecule has 3 rings (SSSR count). The minimum atomic E-state index is -0.907. The van der Waals surface area contributed by atoms with Crippen LogP contribution < -0.4 is 11.4 Å². The van der Waals surface area contributed by atoms with Gasteiger partial charge < -0.3 is 19.9 Å². The number of nitrogen functional groups attached to an aromatic ring is 1. The lowest BCUT2D eigenvalue weighted by atomic mass is 10.2. The number of nitrogens with two attached hydrogens (primary N) is 1. The zero-order chi connectivity index (χ0) is 18.0. The van der Waals surface area contributed by atoms with E-state index in [0.717, 1.165) is 10.8 Å². The second-order valence-corrected chi connectivity index (χ2v) is 5.43. The van der Waals surface area contributed by atoms with Crippen molar-refractivity contribution in [3.63, 3.8) is 0 Å².